The molecule has 1 aromatic rings. The summed E-state index contributed by atoms with van der Waals surface area (Å²) in [4.78, 5) is 0. The molecule has 0 amide bonds. The smallest absolute Gasteiger partial charge is 0.126 e. The normalized spacial score (nSPS) is 26.8. The van der Waals surface area contributed by atoms with Crippen LogP contribution in [-0.4, -0.2) is 6.04 Å². The number of hydrogen-bond acceptors (Lipinski definition) is 1. The van der Waals surface area contributed by atoms with E-state index in [2.05, 4.69) is 0 Å². The minimum atomic E-state index is -0.0656. The van der Waals surface area contributed by atoms with Crippen molar-refractivity contribution in [3.8, 4) is 0 Å². The van der Waals surface area contributed by atoms with E-state index in [1.807, 2.05) is 19.1 Å². The molecule has 1 aliphatic rings. The third-order valence-electron chi connectivity index (χ3n) is 3.07. The number of halogens is 1. The first-order chi connectivity index (χ1) is 6.66. The Balaban J connectivity index is 2.24. The Morgan fingerprint density at radius 3 is 2.71 bits per heavy atom. The van der Waals surface area contributed by atoms with Gasteiger partial charge in [-0.3, -0.25) is 0 Å². The lowest BCUT2D eigenvalue weighted by atomic mass is 9.96. The lowest BCUT2D eigenvalue weighted by molar-refractivity contribution is 0.575. The molecule has 0 spiro atoms. The molecule has 2 N–H and O–H groups in total. The molecule has 1 fully saturated rings. The summed E-state index contributed by atoms with van der Waals surface area (Å²) in [7, 11) is 0. The number of rotatable bonds is 1. The second-order valence-electron chi connectivity index (χ2n) is 4.30. The first-order valence-electron chi connectivity index (χ1n) is 5.18. The van der Waals surface area contributed by atoms with Gasteiger partial charge < -0.3 is 5.73 Å². The molecular weight excluding hydrogens is 177 g/mol. The average Bonchev–Trinajstić information content (AvgIpc) is 2.51. The number of benzene rings is 1. The van der Waals surface area contributed by atoms with Crippen molar-refractivity contribution in [3.63, 3.8) is 0 Å². The van der Waals surface area contributed by atoms with Gasteiger partial charge in [0.2, 0.25) is 0 Å². The van der Waals surface area contributed by atoms with Crippen molar-refractivity contribution in [2.24, 2.45) is 5.73 Å². The molecule has 1 aromatic carbocycles. The highest BCUT2D eigenvalue weighted by molar-refractivity contribution is 5.27. The summed E-state index contributed by atoms with van der Waals surface area (Å²) in [5.74, 6) is 0.273. The number of hydrogen-bond donors (Lipinski definition) is 1. The van der Waals surface area contributed by atoms with Crippen molar-refractivity contribution >= 4 is 0 Å². The maximum Gasteiger partial charge on any atom is 0.126 e. The Kier molecular flexibility index (Phi) is 2.55. The quantitative estimate of drug-likeness (QED) is 0.729. The van der Waals surface area contributed by atoms with Crippen LogP contribution in [0.5, 0.6) is 0 Å². The molecule has 2 heteroatoms. The molecule has 1 nitrogen and oxygen atoms in total. The van der Waals surface area contributed by atoms with Crippen molar-refractivity contribution in [2.45, 2.75) is 38.1 Å². The van der Waals surface area contributed by atoms with E-state index in [1.165, 1.54) is 0 Å². The summed E-state index contributed by atoms with van der Waals surface area (Å²) < 4.78 is 13.6. The minimum Gasteiger partial charge on any atom is -0.328 e. The van der Waals surface area contributed by atoms with Crippen LogP contribution in [0.4, 0.5) is 4.39 Å². The second-order valence-corrected chi connectivity index (χ2v) is 4.30. The van der Waals surface area contributed by atoms with Crippen molar-refractivity contribution in [1.29, 1.82) is 0 Å². The van der Waals surface area contributed by atoms with Gasteiger partial charge in [0, 0.05) is 6.04 Å². The van der Waals surface area contributed by atoms with Crippen LogP contribution in [-0.2, 0) is 0 Å². The molecule has 2 atom stereocenters. The maximum atomic E-state index is 13.6. The van der Waals surface area contributed by atoms with Gasteiger partial charge in [0.05, 0.1) is 0 Å². The Morgan fingerprint density at radius 2 is 2.14 bits per heavy atom. The zero-order valence-electron chi connectivity index (χ0n) is 8.46. The van der Waals surface area contributed by atoms with Gasteiger partial charge in [0.1, 0.15) is 5.82 Å². The predicted octanol–water partition coefficient (Wildman–Crippen LogP) is 2.73. The third-order valence-corrected chi connectivity index (χ3v) is 3.07. The Morgan fingerprint density at radius 1 is 1.36 bits per heavy atom. The second kappa shape index (κ2) is 3.70. The third kappa shape index (κ3) is 1.80. The summed E-state index contributed by atoms with van der Waals surface area (Å²) in [6.07, 6.45) is 2.99. The fourth-order valence-electron chi connectivity index (χ4n) is 2.26. The standard InChI is InChI=1S/C12H16FN/c1-8-2-5-11(12(13)6-8)9-3-4-10(14)7-9/h2,5-6,9-10H,3-4,7,14H2,1H3. The van der Waals surface area contributed by atoms with Gasteiger partial charge in [-0.05, 0) is 49.3 Å². The van der Waals surface area contributed by atoms with Crippen molar-refractivity contribution in [3.05, 3.63) is 35.1 Å². The van der Waals surface area contributed by atoms with Crippen LogP contribution in [0.25, 0.3) is 0 Å². The zero-order valence-corrected chi connectivity index (χ0v) is 8.46. The summed E-state index contributed by atoms with van der Waals surface area (Å²) in [6.45, 7) is 1.91. The van der Waals surface area contributed by atoms with Gasteiger partial charge in [-0.25, -0.2) is 4.39 Å². The fraction of sp³-hybridized carbons (Fsp3) is 0.500. The van der Waals surface area contributed by atoms with Crippen LogP contribution in [0.3, 0.4) is 0 Å². The monoisotopic (exact) mass is 193 g/mol. The molecule has 0 aromatic heterocycles. The van der Waals surface area contributed by atoms with E-state index in [0.717, 1.165) is 30.4 Å². The molecule has 76 valence electrons. The van der Waals surface area contributed by atoms with E-state index in [4.69, 9.17) is 5.73 Å². The van der Waals surface area contributed by atoms with E-state index in [0.29, 0.717) is 5.92 Å². The Hall–Kier alpha value is -0.890. The van der Waals surface area contributed by atoms with Crippen LogP contribution >= 0.6 is 0 Å². The maximum absolute atomic E-state index is 13.6. The van der Waals surface area contributed by atoms with Crippen molar-refractivity contribution in [2.75, 3.05) is 0 Å². The van der Waals surface area contributed by atoms with E-state index in [-0.39, 0.29) is 11.9 Å². The molecule has 2 unspecified atom stereocenters. The lowest BCUT2D eigenvalue weighted by Gasteiger charge is -2.11. The summed E-state index contributed by atoms with van der Waals surface area (Å²) >= 11 is 0. The Bertz CT molecular complexity index is 335. The first kappa shape index (κ1) is 9.66. The number of nitrogens with two attached hydrogens (primary N) is 1. The van der Waals surface area contributed by atoms with Gasteiger partial charge in [0.25, 0.3) is 0 Å². The molecule has 0 aliphatic heterocycles. The van der Waals surface area contributed by atoms with Crippen LogP contribution in [0, 0.1) is 12.7 Å². The number of aryl methyl sites for hydroxylation is 1. The molecular formula is C12H16FN. The molecule has 0 saturated heterocycles. The molecule has 14 heavy (non-hydrogen) atoms. The molecule has 0 heterocycles. The zero-order chi connectivity index (χ0) is 10.1. The summed E-state index contributed by atoms with van der Waals surface area (Å²) in [5, 5.41) is 0. The predicted molar refractivity (Wildman–Crippen MR) is 55.7 cm³/mol. The SMILES string of the molecule is Cc1ccc(C2CCC(N)C2)c(F)c1. The lowest BCUT2D eigenvalue weighted by Crippen LogP contribution is -2.14. The van der Waals surface area contributed by atoms with Crippen LogP contribution in [0.1, 0.15) is 36.3 Å². The van der Waals surface area contributed by atoms with Gasteiger partial charge >= 0.3 is 0 Å². The highest BCUT2D eigenvalue weighted by Gasteiger charge is 2.25. The molecule has 1 aliphatic carbocycles. The minimum absolute atomic E-state index is 0.0656. The van der Waals surface area contributed by atoms with Crippen molar-refractivity contribution in [1.82, 2.24) is 0 Å². The van der Waals surface area contributed by atoms with E-state index in [9.17, 15) is 4.39 Å². The van der Waals surface area contributed by atoms with E-state index in [1.54, 1.807) is 6.07 Å². The van der Waals surface area contributed by atoms with Gasteiger partial charge in [-0.1, -0.05) is 12.1 Å². The van der Waals surface area contributed by atoms with Crippen LogP contribution in [0.2, 0.25) is 0 Å². The summed E-state index contributed by atoms with van der Waals surface area (Å²) in [5.41, 5.74) is 7.65. The molecule has 1 saturated carbocycles. The van der Waals surface area contributed by atoms with E-state index >= 15 is 0 Å². The highest BCUT2D eigenvalue weighted by atomic mass is 19.1. The highest BCUT2D eigenvalue weighted by Crippen LogP contribution is 2.34. The fourth-order valence-corrected chi connectivity index (χ4v) is 2.26. The average molecular weight is 193 g/mol. The molecule has 0 radical (unpaired) electrons. The summed E-state index contributed by atoms with van der Waals surface area (Å²) in [6, 6.07) is 5.76. The van der Waals surface area contributed by atoms with Gasteiger partial charge in [-0.2, -0.15) is 0 Å². The van der Waals surface area contributed by atoms with Gasteiger partial charge in [-0.15, -0.1) is 0 Å². The Labute approximate surface area is 84.1 Å². The topological polar surface area (TPSA) is 26.0 Å². The van der Waals surface area contributed by atoms with E-state index < -0.39 is 0 Å². The first-order valence-corrected chi connectivity index (χ1v) is 5.18. The van der Waals surface area contributed by atoms with Gasteiger partial charge in [0.15, 0.2) is 0 Å². The largest absolute Gasteiger partial charge is 0.328 e. The van der Waals surface area contributed by atoms with Crippen LogP contribution in [0.15, 0.2) is 18.2 Å². The molecule has 2 rings (SSSR count). The molecule has 0 bridgehead atoms. The van der Waals surface area contributed by atoms with Crippen LogP contribution < -0.4 is 5.73 Å². The van der Waals surface area contributed by atoms with Crippen molar-refractivity contribution < 1.29 is 4.39 Å².